The van der Waals surface area contributed by atoms with Crippen molar-refractivity contribution in [3.8, 4) is 17.5 Å². The fourth-order valence-electron chi connectivity index (χ4n) is 9.93. The molecule has 2 fully saturated rings. The van der Waals surface area contributed by atoms with E-state index in [4.69, 9.17) is 40.5 Å². The number of alkyl halides is 3. The Labute approximate surface area is 400 Å². The van der Waals surface area contributed by atoms with Gasteiger partial charge in [-0.05, 0) is 79.8 Å². The molecule has 20 heteroatoms. The summed E-state index contributed by atoms with van der Waals surface area (Å²) in [5, 5.41) is 4.70. The molecule has 6 heterocycles. The van der Waals surface area contributed by atoms with Crippen LogP contribution in [0.3, 0.4) is 0 Å². The summed E-state index contributed by atoms with van der Waals surface area (Å²) in [6, 6.07) is 16.2. The predicted octanol–water partition coefficient (Wildman–Crippen LogP) is 9.40. The fraction of sp³-hybridized carbons (Fsp3) is 0.429. The van der Waals surface area contributed by atoms with Crippen LogP contribution in [0.4, 0.5) is 37.8 Å². The van der Waals surface area contributed by atoms with Gasteiger partial charge in [-0.1, -0.05) is 35.9 Å². The summed E-state index contributed by atoms with van der Waals surface area (Å²) in [6.45, 7) is 1.63. The highest BCUT2D eigenvalue weighted by molar-refractivity contribution is 6.34. The summed E-state index contributed by atoms with van der Waals surface area (Å²) >= 11 is 6.85. The van der Waals surface area contributed by atoms with Crippen molar-refractivity contribution < 1.29 is 50.1 Å². The molecule has 366 valence electrons. The van der Waals surface area contributed by atoms with Crippen molar-refractivity contribution in [3.05, 3.63) is 128 Å². The van der Waals surface area contributed by atoms with E-state index in [9.17, 15) is 13.6 Å². The second-order valence-corrected chi connectivity index (χ2v) is 18.4. The van der Waals surface area contributed by atoms with Crippen LogP contribution in [0.5, 0.6) is 17.5 Å². The van der Waals surface area contributed by atoms with Gasteiger partial charge in [-0.2, -0.15) is 37.0 Å². The first-order valence-corrected chi connectivity index (χ1v) is 23.0. The third-order valence-electron chi connectivity index (χ3n) is 13.5. The highest BCUT2D eigenvalue weighted by Gasteiger charge is 2.49. The molecule has 4 aliphatic rings. The number of carbonyl (C=O) groups is 1. The van der Waals surface area contributed by atoms with E-state index in [1.165, 1.54) is 19.1 Å². The molecule has 0 N–H and O–H groups in total. The summed E-state index contributed by atoms with van der Waals surface area (Å²) < 4.78 is 116. The van der Waals surface area contributed by atoms with Gasteiger partial charge in [0, 0.05) is 69.9 Å². The van der Waals surface area contributed by atoms with Crippen LogP contribution < -0.4 is 24.0 Å². The number of methoxy groups -OCH3 is 2. The molecule has 13 nitrogen and oxygen atoms in total. The second-order valence-electron chi connectivity index (χ2n) is 18.1. The Morgan fingerprint density at radius 3 is 2.22 bits per heavy atom. The number of benzene rings is 3. The van der Waals surface area contributed by atoms with Crippen molar-refractivity contribution in [1.82, 2.24) is 29.5 Å². The van der Waals surface area contributed by atoms with Crippen LogP contribution in [0.15, 0.2) is 72.3 Å². The Morgan fingerprint density at radius 2 is 1.59 bits per heavy atom. The van der Waals surface area contributed by atoms with Crippen LogP contribution in [0.2, 0.25) is 5.02 Å². The van der Waals surface area contributed by atoms with Crippen molar-refractivity contribution in [2.45, 2.75) is 82.7 Å². The van der Waals surface area contributed by atoms with Crippen LogP contribution >= 0.6 is 11.6 Å². The first kappa shape index (κ1) is 48.0. The van der Waals surface area contributed by atoms with Crippen molar-refractivity contribution >= 4 is 29.0 Å². The molecule has 0 bridgehead atoms. The second kappa shape index (κ2) is 19.4. The van der Waals surface area contributed by atoms with Crippen LogP contribution in [-0.2, 0) is 50.1 Å². The molecule has 2 atom stereocenters. The zero-order valence-electron chi connectivity index (χ0n) is 38.5. The van der Waals surface area contributed by atoms with E-state index in [0.29, 0.717) is 61.1 Å². The smallest absolute Gasteiger partial charge is 0.416 e. The van der Waals surface area contributed by atoms with E-state index in [-0.39, 0.29) is 91.8 Å². The molecule has 2 saturated heterocycles. The SMILES string of the molecule is COc1ccc(CN(Cc2ccc(OC)cc2)c2ccc(C(F)(F)F)c(C3Cc4nc(OC[C@@]56CCCN5CC(=C(F)F)C6)nc(N5CCCn6nc(C(=O)N(C)C)c(Cl)c6C5)c4CO3)c2F)cc1. The summed E-state index contributed by atoms with van der Waals surface area (Å²) in [4.78, 5) is 29.6. The van der Waals surface area contributed by atoms with Gasteiger partial charge < -0.3 is 33.6 Å². The molecule has 0 radical (unpaired) electrons. The largest absolute Gasteiger partial charge is 0.497 e. The van der Waals surface area contributed by atoms with Gasteiger partial charge in [0.15, 0.2) is 11.5 Å². The number of halogens is 7. The molecule has 4 aliphatic heterocycles. The lowest BCUT2D eigenvalue weighted by Gasteiger charge is -2.33. The number of hydrogen-bond acceptors (Lipinski definition) is 11. The Hall–Kier alpha value is -6.05. The monoisotopic (exact) mass is 980 g/mol. The molecular weight excluding hydrogens is 930 g/mol. The molecule has 69 heavy (non-hydrogen) atoms. The zero-order valence-corrected chi connectivity index (χ0v) is 39.3. The maximum absolute atomic E-state index is 17.6. The number of fused-ring (bicyclic) bond motifs is 3. The number of aryl methyl sites for hydroxylation is 1. The average Bonchev–Trinajstić information content (AvgIpc) is 3.94. The van der Waals surface area contributed by atoms with E-state index in [2.05, 4.69) is 5.10 Å². The molecule has 9 rings (SSSR count). The van der Waals surface area contributed by atoms with Crippen LogP contribution in [-0.4, -0.2) is 95.6 Å². The highest BCUT2D eigenvalue weighted by Crippen LogP contribution is 2.46. The molecule has 1 amide bonds. The molecule has 5 aromatic rings. The Morgan fingerprint density at radius 1 is 0.913 bits per heavy atom. The summed E-state index contributed by atoms with van der Waals surface area (Å²) in [5.41, 5.74) is 0.235. The van der Waals surface area contributed by atoms with E-state index in [1.54, 1.807) is 72.2 Å². The minimum Gasteiger partial charge on any atom is -0.497 e. The Bertz CT molecular complexity index is 2700. The van der Waals surface area contributed by atoms with Gasteiger partial charge in [-0.15, -0.1) is 0 Å². The zero-order chi connectivity index (χ0) is 48.8. The van der Waals surface area contributed by atoms with E-state index in [1.807, 2.05) is 9.80 Å². The fourth-order valence-corrected chi connectivity index (χ4v) is 10.2. The van der Waals surface area contributed by atoms with Crippen LogP contribution in [0, 0.1) is 5.82 Å². The highest BCUT2D eigenvalue weighted by atomic mass is 35.5. The average molecular weight is 981 g/mol. The van der Waals surface area contributed by atoms with E-state index >= 15 is 17.6 Å². The number of carbonyl (C=O) groups excluding carboxylic acids is 1. The molecule has 0 saturated carbocycles. The van der Waals surface area contributed by atoms with Crippen molar-refractivity contribution in [2.24, 2.45) is 0 Å². The summed E-state index contributed by atoms with van der Waals surface area (Å²) in [7, 11) is 6.26. The number of hydrogen-bond donors (Lipinski definition) is 0. The third-order valence-corrected chi connectivity index (χ3v) is 13.9. The molecule has 1 unspecified atom stereocenters. The van der Waals surface area contributed by atoms with Gasteiger partial charge in [0.2, 0.25) is 0 Å². The van der Waals surface area contributed by atoms with Gasteiger partial charge in [0.1, 0.15) is 23.9 Å². The Balaban J connectivity index is 1.11. The van der Waals surface area contributed by atoms with Crippen molar-refractivity contribution in [3.63, 3.8) is 0 Å². The maximum atomic E-state index is 17.6. The minimum atomic E-state index is -4.97. The molecule has 0 spiro atoms. The number of anilines is 2. The standard InChI is InChI=1S/C49H51ClF6N8O5/c1-60(2)46(65)43-41(50)38-26-61(18-6-20-64(38)59-43)45-34-27-68-39(21-36(34)57-47(58-45)69-28-48-17-5-19-63(48)25-31(22-48)44(52)53)40-35(49(54,55)56)15-16-37(42(40)51)62(23-29-7-11-32(66-3)12-8-29)24-30-9-13-33(67-4)14-10-30/h7-16,39H,5-6,17-28H2,1-4H3/t39?,48-/m0/s1. The number of amides is 1. The number of ether oxygens (including phenoxy) is 4. The van der Waals surface area contributed by atoms with E-state index < -0.39 is 40.8 Å². The van der Waals surface area contributed by atoms with Crippen molar-refractivity contribution in [1.29, 1.82) is 0 Å². The maximum Gasteiger partial charge on any atom is 0.416 e. The molecule has 2 aromatic heterocycles. The molecular formula is C49H51ClF6N8O5. The van der Waals surface area contributed by atoms with E-state index in [0.717, 1.165) is 29.7 Å². The molecule has 0 aliphatic carbocycles. The number of rotatable bonds is 13. The van der Waals surface area contributed by atoms with Crippen LogP contribution in [0.25, 0.3) is 0 Å². The third kappa shape index (κ3) is 9.64. The number of nitrogens with zero attached hydrogens (tertiary/aromatic N) is 8. The summed E-state index contributed by atoms with van der Waals surface area (Å²) in [6.07, 6.45) is -6.42. The van der Waals surface area contributed by atoms with Gasteiger partial charge >= 0.3 is 12.2 Å². The topological polar surface area (TPSA) is 111 Å². The van der Waals surface area contributed by atoms with Gasteiger partial charge in [-0.25, -0.2) is 4.39 Å². The number of aromatic nitrogens is 4. The van der Waals surface area contributed by atoms with Crippen LogP contribution in [0.1, 0.15) is 81.5 Å². The lowest BCUT2D eigenvalue weighted by Crippen LogP contribution is -2.43. The normalized spacial score (nSPS) is 19.1. The summed E-state index contributed by atoms with van der Waals surface area (Å²) in [5.74, 6) is 0.0760. The van der Waals surface area contributed by atoms with Gasteiger partial charge in [-0.3, -0.25) is 14.4 Å². The van der Waals surface area contributed by atoms with Gasteiger partial charge in [0.05, 0.1) is 66.7 Å². The first-order chi connectivity index (χ1) is 33.0. The van der Waals surface area contributed by atoms with Crippen molar-refractivity contribution in [2.75, 3.05) is 64.4 Å². The Kier molecular flexibility index (Phi) is 13.5. The first-order valence-electron chi connectivity index (χ1n) is 22.6. The lowest BCUT2D eigenvalue weighted by molar-refractivity contribution is -0.140. The lowest BCUT2D eigenvalue weighted by atomic mass is 9.93. The minimum absolute atomic E-state index is 0.0241. The predicted molar refractivity (Wildman–Crippen MR) is 244 cm³/mol. The molecule has 3 aromatic carbocycles. The quantitative estimate of drug-likeness (QED) is 0.105. The van der Waals surface area contributed by atoms with Gasteiger partial charge in [0.25, 0.3) is 12.0 Å².